The van der Waals surface area contributed by atoms with E-state index in [0.29, 0.717) is 23.5 Å². The summed E-state index contributed by atoms with van der Waals surface area (Å²) in [7, 11) is 1.64. The molecule has 0 unspecified atom stereocenters. The van der Waals surface area contributed by atoms with Crippen LogP contribution in [-0.4, -0.2) is 19.5 Å². The van der Waals surface area contributed by atoms with Gasteiger partial charge in [0, 0.05) is 5.57 Å². The van der Waals surface area contributed by atoms with Gasteiger partial charge in [0.25, 0.3) is 0 Å². The van der Waals surface area contributed by atoms with Crippen molar-refractivity contribution in [2.24, 2.45) is 0 Å². The van der Waals surface area contributed by atoms with Crippen LogP contribution in [0.2, 0.25) is 0 Å². The van der Waals surface area contributed by atoms with E-state index in [2.05, 4.69) is 0 Å². The maximum absolute atomic E-state index is 12.3. The van der Waals surface area contributed by atoms with Crippen LogP contribution in [0.1, 0.15) is 15.9 Å². The van der Waals surface area contributed by atoms with Gasteiger partial charge in [-0.1, -0.05) is 42.5 Å². The van der Waals surface area contributed by atoms with E-state index in [1.807, 2.05) is 60.7 Å². The number of ketones is 1. The van der Waals surface area contributed by atoms with E-state index in [-0.39, 0.29) is 5.78 Å². The van der Waals surface area contributed by atoms with Crippen molar-refractivity contribution in [3.8, 4) is 11.5 Å². The summed E-state index contributed by atoms with van der Waals surface area (Å²) in [5.41, 5.74) is 2.32. The fourth-order valence-electron chi connectivity index (χ4n) is 2.29. The molecule has 3 nitrogen and oxygen atoms in total. The van der Waals surface area contributed by atoms with Crippen molar-refractivity contribution in [2.75, 3.05) is 13.7 Å². The average Bonchev–Trinajstić information content (AvgIpc) is 2.58. The Morgan fingerprint density at radius 1 is 1.09 bits per heavy atom. The molecule has 3 rings (SSSR count). The Labute approximate surface area is 129 Å². The predicted octanol–water partition coefficient (Wildman–Crippen LogP) is 3.91. The molecule has 0 N–H and O–H groups in total. The normalized spacial score (nSPS) is 15.7. The van der Waals surface area contributed by atoms with Crippen LogP contribution < -0.4 is 9.47 Å². The molecule has 2 aromatic rings. The van der Waals surface area contributed by atoms with E-state index in [1.165, 1.54) is 0 Å². The first-order chi connectivity index (χ1) is 10.8. The third-order valence-electron chi connectivity index (χ3n) is 3.51. The third kappa shape index (κ3) is 2.93. The molecular formula is C19H16O3. The van der Waals surface area contributed by atoms with Gasteiger partial charge in [0.1, 0.15) is 18.1 Å². The van der Waals surface area contributed by atoms with E-state index in [0.717, 1.165) is 11.3 Å². The van der Waals surface area contributed by atoms with Crippen LogP contribution in [0, 0.1) is 0 Å². The molecule has 0 fully saturated rings. The first-order valence-electron chi connectivity index (χ1n) is 7.06. The van der Waals surface area contributed by atoms with Gasteiger partial charge in [0.05, 0.1) is 12.7 Å². The molecule has 0 aromatic heterocycles. The molecule has 0 aliphatic carbocycles. The standard InChI is InChI=1S/C19H16O3/c1-21-16-11-9-14(10-12-16)5-4-6-15-13-22-18-8-3-2-7-17(18)19(15)20/h2-12H,13H2,1H3/b5-4+,15-6+. The lowest BCUT2D eigenvalue weighted by Gasteiger charge is -2.17. The number of carbonyl (C=O) groups is 1. The molecule has 2 aromatic carbocycles. The van der Waals surface area contributed by atoms with E-state index >= 15 is 0 Å². The van der Waals surface area contributed by atoms with E-state index in [9.17, 15) is 4.79 Å². The van der Waals surface area contributed by atoms with Crippen molar-refractivity contribution < 1.29 is 14.3 Å². The lowest BCUT2D eigenvalue weighted by Crippen LogP contribution is -2.18. The fraction of sp³-hybridized carbons (Fsp3) is 0.105. The first kappa shape index (κ1) is 14.1. The summed E-state index contributed by atoms with van der Waals surface area (Å²) >= 11 is 0. The molecule has 110 valence electrons. The Hall–Kier alpha value is -2.81. The summed E-state index contributed by atoms with van der Waals surface area (Å²) in [6.45, 7) is 0.308. The van der Waals surface area contributed by atoms with Crippen LogP contribution in [0.15, 0.2) is 66.3 Å². The highest BCUT2D eigenvalue weighted by Crippen LogP contribution is 2.26. The summed E-state index contributed by atoms with van der Waals surface area (Å²) in [6, 6.07) is 15.0. The van der Waals surface area contributed by atoms with Crippen LogP contribution in [0.3, 0.4) is 0 Å². The van der Waals surface area contributed by atoms with Crippen LogP contribution in [-0.2, 0) is 0 Å². The molecule has 1 aliphatic rings. The molecule has 0 saturated heterocycles. The zero-order chi connectivity index (χ0) is 15.4. The van der Waals surface area contributed by atoms with Gasteiger partial charge in [0.2, 0.25) is 0 Å². The summed E-state index contributed by atoms with van der Waals surface area (Å²) in [5, 5.41) is 0. The lowest BCUT2D eigenvalue weighted by molar-refractivity contribution is 0.0999. The van der Waals surface area contributed by atoms with Gasteiger partial charge in [-0.2, -0.15) is 0 Å². The highest BCUT2D eigenvalue weighted by molar-refractivity contribution is 6.11. The number of para-hydroxylation sites is 1. The summed E-state index contributed by atoms with van der Waals surface area (Å²) in [6.07, 6.45) is 5.62. The van der Waals surface area contributed by atoms with E-state index < -0.39 is 0 Å². The van der Waals surface area contributed by atoms with Crippen LogP contribution >= 0.6 is 0 Å². The van der Waals surface area contributed by atoms with Gasteiger partial charge in [-0.05, 0) is 29.8 Å². The number of Topliss-reactive ketones (excluding diaryl/α,β-unsaturated/α-hetero) is 1. The minimum absolute atomic E-state index is 0.0289. The molecule has 0 saturated carbocycles. The molecule has 0 spiro atoms. The first-order valence-corrected chi connectivity index (χ1v) is 7.06. The number of allylic oxidation sites excluding steroid dienone is 2. The van der Waals surface area contributed by atoms with Crippen molar-refractivity contribution in [1.29, 1.82) is 0 Å². The number of carbonyl (C=O) groups excluding carboxylic acids is 1. The Morgan fingerprint density at radius 2 is 1.86 bits per heavy atom. The largest absolute Gasteiger partial charge is 0.497 e. The van der Waals surface area contributed by atoms with Gasteiger partial charge < -0.3 is 9.47 Å². The Kier molecular flexibility index (Phi) is 4.05. The van der Waals surface area contributed by atoms with Gasteiger partial charge in [-0.25, -0.2) is 0 Å². The molecule has 1 aliphatic heterocycles. The maximum Gasteiger partial charge on any atom is 0.196 e. The lowest BCUT2D eigenvalue weighted by atomic mass is 10.00. The van der Waals surface area contributed by atoms with Crippen LogP contribution in [0.25, 0.3) is 6.08 Å². The second kappa shape index (κ2) is 6.31. The molecule has 1 heterocycles. The van der Waals surface area contributed by atoms with Crippen LogP contribution in [0.4, 0.5) is 0 Å². The SMILES string of the molecule is COc1ccc(/C=C/C=C2\COc3ccccc3C2=O)cc1. The van der Waals surface area contributed by atoms with Crippen molar-refractivity contribution in [1.82, 2.24) is 0 Å². The van der Waals surface area contributed by atoms with Gasteiger partial charge in [0.15, 0.2) is 5.78 Å². The number of benzene rings is 2. The number of rotatable bonds is 3. The second-order valence-corrected chi connectivity index (χ2v) is 4.94. The number of ether oxygens (including phenoxy) is 2. The van der Waals surface area contributed by atoms with Crippen molar-refractivity contribution >= 4 is 11.9 Å². The van der Waals surface area contributed by atoms with Crippen molar-refractivity contribution in [2.45, 2.75) is 0 Å². The fourth-order valence-corrected chi connectivity index (χ4v) is 2.29. The molecule has 0 atom stereocenters. The Bertz CT molecular complexity index is 740. The zero-order valence-corrected chi connectivity index (χ0v) is 12.3. The summed E-state index contributed by atoms with van der Waals surface area (Å²) in [5.74, 6) is 1.51. The second-order valence-electron chi connectivity index (χ2n) is 4.94. The summed E-state index contributed by atoms with van der Waals surface area (Å²) < 4.78 is 10.7. The molecule has 0 amide bonds. The quantitative estimate of drug-likeness (QED) is 0.805. The van der Waals surface area contributed by atoms with Crippen LogP contribution in [0.5, 0.6) is 11.5 Å². The minimum Gasteiger partial charge on any atom is -0.497 e. The van der Waals surface area contributed by atoms with Crippen molar-refractivity contribution in [3.05, 3.63) is 77.4 Å². The highest BCUT2D eigenvalue weighted by atomic mass is 16.5. The van der Waals surface area contributed by atoms with Gasteiger partial charge >= 0.3 is 0 Å². The number of fused-ring (bicyclic) bond motifs is 1. The Morgan fingerprint density at radius 3 is 2.64 bits per heavy atom. The molecular weight excluding hydrogens is 276 g/mol. The monoisotopic (exact) mass is 292 g/mol. The third-order valence-corrected chi connectivity index (χ3v) is 3.51. The summed E-state index contributed by atoms with van der Waals surface area (Å²) in [4.78, 5) is 12.3. The highest BCUT2D eigenvalue weighted by Gasteiger charge is 2.21. The van der Waals surface area contributed by atoms with Gasteiger partial charge in [-0.15, -0.1) is 0 Å². The zero-order valence-electron chi connectivity index (χ0n) is 12.3. The maximum atomic E-state index is 12.3. The number of hydrogen-bond acceptors (Lipinski definition) is 3. The average molecular weight is 292 g/mol. The molecule has 3 heteroatoms. The minimum atomic E-state index is 0.0289. The molecule has 0 bridgehead atoms. The van der Waals surface area contributed by atoms with E-state index in [1.54, 1.807) is 13.2 Å². The molecule has 22 heavy (non-hydrogen) atoms. The smallest absolute Gasteiger partial charge is 0.196 e. The van der Waals surface area contributed by atoms with Crippen molar-refractivity contribution in [3.63, 3.8) is 0 Å². The number of hydrogen-bond donors (Lipinski definition) is 0. The van der Waals surface area contributed by atoms with Gasteiger partial charge in [-0.3, -0.25) is 4.79 Å². The number of methoxy groups -OCH3 is 1. The molecule has 0 radical (unpaired) electrons. The van der Waals surface area contributed by atoms with E-state index in [4.69, 9.17) is 9.47 Å². The Balaban J connectivity index is 1.75. The topological polar surface area (TPSA) is 35.5 Å². The predicted molar refractivity (Wildman–Crippen MR) is 86.4 cm³/mol.